The molecule has 1 aliphatic carbocycles. The molecule has 1 aliphatic heterocycles. The lowest BCUT2D eigenvalue weighted by Crippen LogP contribution is -2.47. The minimum absolute atomic E-state index is 0.123. The van der Waals surface area contributed by atoms with Crippen LogP contribution in [0, 0.1) is 11.6 Å². The molecule has 2 aliphatic rings. The first kappa shape index (κ1) is 31.1. The maximum atomic E-state index is 15.3. The van der Waals surface area contributed by atoms with Crippen molar-refractivity contribution >= 4 is 11.9 Å². The van der Waals surface area contributed by atoms with E-state index in [9.17, 15) is 14.4 Å². The SMILES string of the molecule is CCCN1CC(C2c3cccc(F)c3CCc3c(F)cccc32)n2ncc(=O)c(OCOC(=O)C(N)Cc3ccccc3)c2C1=O. The molecule has 0 saturated carbocycles. The third-order valence-corrected chi connectivity index (χ3v) is 8.67. The maximum Gasteiger partial charge on any atom is 0.326 e. The third kappa shape index (κ3) is 5.90. The molecule has 0 bridgehead atoms. The molecule has 0 spiro atoms. The zero-order valence-corrected chi connectivity index (χ0v) is 25.3. The number of ether oxygens (including phenoxy) is 2. The standard InChI is InChI=1S/C35H34F2N4O5/c1-2-16-40-19-29(31-24-10-6-12-26(36)22(24)14-15-23-25(31)11-7-13-27(23)37)41-32(34(40)43)33(30(42)18-39-41)45-20-46-35(44)28(38)17-21-8-4-3-5-9-21/h3-13,18,28-29,31H,2,14-17,19-20,38H2,1H3. The van der Waals surface area contributed by atoms with Crippen LogP contribution in [-0.4, -0.2) is 52.5 Å². The molecule has 3 aromatic carbocycles. The van der Waals surface area contributed by atoms with Crippen molar-refractivity contribution in [3.63, 3.8) is 0 Å². The summed E-state index contributed by atoms with van der Waals surface area (Å²) in [5.74, 6) is -2.95. The van der Waals surface area contributed by atoms with Crippen molar-refractivity contribution in [3.8, 4) is 5.75 Å². The number of hydrogen-bond acceptors (Lipinski definition) is 7. The summed E-state index contributed by atoms with van der Waals surface area (Å²) in [6.07, 6.45) is 2.50. The molecular weight excluding hydrogens is 594 g/mol. The lowest BCUT2D eigenvalue weighted by atomic mass is 9.81. The van der Waals surface area contributed by atoms with E-state index in [1.807, 2.05) is 49.4 Å². The first-order valence-corrected chi connectivity index (χ1v) is 15.3. The Bertz CT molecular complexity index is 1780. The number of nitrogens with two attached hydrogens (primary N) is 1. The molecule has 4 aromatic rings. The molecule has 0 radical (unpaired) electrons. The van der Waals surface area contributed by atoms with Gasteiger partial charge in [0.25, 0.3) is 5.91 Å². The number of amides is 1. The normalized spacial score (nSPS) is 16.6. The Balaban J connectivity index is 1.38. The van der Waals surface area contributed by atoms with Crippen LogP contribution >= 0.6 is 0 Å². The zero-order chi connectivity index (χ0) is 32.4. The Hall–Kier alpha value is -4.90. The Morgan fingerprint density at radius 1 is 0.978 bits per heavy atom. The Kier molecular flexibility index (Phi) is 8.94. The second-order valence-electron chi connectivity index (χ2n) is 11.6. The van der Waals surface area contributed by atoms with Gasteiger partial charge in [-0.3, -0.25) is 19.1 Å². The van der Waals surface area contributed by atoms with Crippen LogP contribution in [0.4, 0.5) is 8.78 Å². The molecule has 9 nitrogen and oxygen atoms in total. The number of rotatable bonds is 9. The Morgan fingerprint density at radius 3 is 2.26 bits per heavy atom. The van der Waals surface area contributed by atoms with Gasteiger partial charge in [0.05, 0.1) is 12.2 Å². The number of benzene rings is 3. The summed E-state index contributed by atoms with van der Waals surface area (Å²) >= 11 is 0. The molecule has 0 saturated heterocycles. The highest BCUT2D eigenvalue weighted by Crippen LogP contribution is 2.44. The van der Waals surface area contributed by atoms with Crippen LogP contribution in [0.15, 0.2) is 77.7 Å². The summed E-state index contributed by atoms with van der Waals surface area (Å²) in [6, 6.07) is 17.2. The van der Waals surface area contributed by atoms with Crippen molar-refractivity contribution in [3.05, 3.63) is 128 Å². The van der Waals surface area contributed by atoms with Gasteiger partial charge in [-0.05, 0) is 65.6 Å². The number of fused-ring (bicyclic) bond motifs is 3. The largest absolute Gasteiger partial charge is 0.451 e. The number of hydrogen-bond donors (Lipinski definition) is 1. The van der Waals surface area contributed by atoms with Gasteiger partial charge in [0.15, 0.2) is 5.69 Å². The monoisotopic (exact) mass is 628 g/mol. The summed E-state index contributed by atoms with van der Waals surface area (Å²) in [5.41, 5.74) is 8.35. The first-order valence-electron chi connectivity index (χ1n) is 15.3. The van der Waals surface area contributed by atoms with Gasteiger partial charge < -0.3 is 20.1 Å². The lowest BCUT2D eigenvalue weighted by molar-refractivity contribution is -0.151. The number of esters is 1. The van der Waals surface area contributed by atoms with E-state index < -0.39 is 53.7 Å². The quantitative estimate of drug-likeness (QED) is 0.217. The molecule has 2 heterocycles. The summed E-state index contributed by atoms with van der Waals surface area (Å²) < 4.78 is 42.9. The molecular formula is C35H34F2N4O5. The van der Waals surface area contributed by atoms with Gasteiger partial charge in [-0.1, -0.05) is 61.5 Å². The van der Waals surface area contributed by atoms with Crippen LogP contribution in [0.3, 0.4) is 0 Å². The van der Waals surface area contributed by atoms with Crippen LogP contribution < -0.4 is 15.9 Å². The zero-order valence-electron chi connectivity index (χ0n) is 25.3. The predicted octanol–water partition coefficient (Wildman–Crippen LogP) is 4.31. The average Bonchev–Trinajstić information content (AvgIpc) is 3.22. The summed E-state index contributed by atoms with van der Waals surface area (Å²) in [7, 11) is 0. The number of aromatic nitrogens is 2. The van der Waals surface area contributed by atoms with Crippen molar-refractivity contribution in [2.45, 2.75) is 50.6 Å². The summed E-state index contributed by atoms with van der Waals surface area (Å²) in [5, 5.41) is 4.38. The number of carbonyl (C=O) groups is 2. The molecule has 238 valence electrons. The molecule has 46 heavy (non-hydrogen) atoms. The van der Waals surface area contributed by atoms with Gasteiger partial charge in [0.2, 0.25) is 18.0 Å². The van der Waals surface area contributed by atoms with E-state index in [0.29, 0.717) is 48.1 Å². The van der Waals surface area contributed by atoms with E-state index >= 15 is 8.78 Å². The highest BCUT2D eigenvalue weighted by Gasteiger charge is 2.42. The molecule has 1 amide bonds. The Labute approximate surface area is 264 Å². The first-order chi connectivity index (χ1) is 22.3. The fourth-order valence-corrected chi connectivity index (χ4v) is 6.58. The van der Waals surface area contributed by atoms with Gasteiger partial charge in [0, 0.05) is 19.0 Å². The summed E-state index contributed by atoms with van der Waals surface area (Å²) in [6.45, 7) is 1.80. The van der Waals surface area contributed by atoms with Crippen LogP contribution in [0.5, 0.6) is 5.75 Å². The van der Waals surface area contributed by atoms with E-state index in [0.717, 1.165) is 11.8 Å². The minimum atomic E-state index is -0.972. The van der Waals surface area contributed by atoms with Crippen LogP contribution in [0.2, 0.25) is 0 Å². The van der Waals surface area contributed by atoms with Gasteiger partial charge in [-0.2, -0.15) is 5.10 Å². The van der Waals surface area contributed by atoms with Gasteiger partial charge in [0.1, 0.15) is 17.7 Å². The molecule has 2 atom stereocenters. The maximum absolute atomic E-state index is 15.3. The van der Waals surface area contributed by atoms with E-state index in [4.69, 9.17) is 15.2 Å². The molecule has 2 N–H and O–H groups in total. The van der Waals surface area contributed by atoms with Gasteiger partial charge in [-0.15, -0.1) is 0 Å². The molecule has 11 heteroatoms. The van der Waals surface area contributed by atoms with Crippen molar-refractivity contribution in [2.24, 2.45) is 5.73 Å². The van der Waals surface area contributed by atoms with E-state index in [1.54, 1.807) is 17.0 Å². The Morgan fingerprint density at radius 2 is 1.63 bits per heavy atom. The van der Waals surface area contributed by atoms with Crippen molar-refractivity contribution in [1.82, 2.24) is 14.7 Å². The second-order valence-corrected chi connectivity index (χ2v) is 11.6. The van der Waals surface area contributed by atoms with Crippen molar-refractivity contribution < 1.29 is 27.8 Å². The third-order valence-electron chi connectivity index (χ3n) is 8.67. The predicted molar refractivity (Wildman–Crippen MR) is 165 cm³/mol. The number of nitrogens with zero attached hydrogens (tertiary/aromatic N) is 3. The van der Waals surface area contributed by atoms with Crippen LogP contribution in [-0.2, 0) is 28.8 Å². The van der Waals surface area contributed by atoms with Crippen LogP contribution in [0.25, 0.3) is 0 Å². The van der Waals surface area contributed by atoms with E-state index in [1.165, 1.54) is 16.8 Å². The average molecular weight is 629 g/mol. The fourth-order valence-electron chi connectivity index (χ4n) is 6.58. The number of halogens is 2. The minimum Gasteiger partial charge on any atom is -0.451 e. The smallest absolute Gasteiger partial charge is 0.326 e. The van der Waals surface area contributed by atoms with Crippen molar-refractivity contribution in [2.75, 3.05) is 19.9 Å². The molecule has 6 rings (SSSR count). The fraction of sp³-hybridized carbons (Fsp3) is 0.314. The second kappa shape index (κ2) is 13.2. The highest BCUT2D eigenvalue weighted by atomic mass is 19.1. The van der Waals surface area contributed by atoms with Crippen molar-refractivity contribution in [1.29, 1.82) is 0 Å². The number of carbonyl (C=O) groups excluding carboxylic acids is 2. The molecule has 1 aromatic heterocycles. The topological polar surface area (TPSA) is 117 Å². The summed E-state index contributed by atoms with van der Waals surface area (Å²) in [4.78, 5) is 41.3. The molecule has 2 unspecified atom stereocenters. The lowest BCUT2D eigenvalue weighted by Gasteiger charge is -2.40. The molecule has 0 fully saturated rings. The van der Waals surface area contributed by atoms with Gasteiger partial charge in [-0.25, -0.2) is 8.78 Å². The van der Waals surface area contributed by atoms with Crippen LogP contribution in [0.1, 0.15) is 63.6 Å². The van der Waals surface area contributed by atoms with E-state index in [2.05, 4.69) is 5.10 Å². The van der Waals surface area contributed by atoms with E-state index in [-0.39, 0.29) is 24.4 Å². The highest BCUT2D eigenvalue weighted by molar-refractivity contribution is 5.96. The van der Waals surface area contributed by atoms with Gasteiger partial charge >= 0.3 is 5.97 Å².